The molecule has 1 aliphatic rings. The maximum atomic E-state index is 12.5. The van der Waals surface area contributed by atoms with Gasteiger partial charge in [-0.1, -0.05) is 30.3 Å². The van der Waals surface area contributed by atoms with Crippen LogP contribution in [0.2, 0.25) is 0 Å². The average molecular weight is 329 g/mol. The normalized spacial score (nSPS) is 15.8. The smallest absolute Gasteiger partial charge is 0.273 e. The van der Waals surface area contributed by atoms with E-state index < -0.39 is 0 Å². The van der Waals surface area contributed by atoms with Crippen molar-refractivity contribution in [3.8, 4) is 0 Å². The quantitative estimate of drug-likeness (QED) is 0.917. The molecule has 1 aromatic heterocycles. The van der Waals surface area contributed by atoms with Crippen molar-refractivity contribution in [2.24, 2.45) is 11.7 Å². The van der Waals surface area contributed by atoms with Crippen molar-refractivity contribution < 1.29 is 4.79 Å². The number of amides is 1. The van der Waals surface area contributed by atoms with Gasteiger partial charge in [0.1, 0.15) is 5.69 Å². The molecule has 1 fully saturated rings. The lowest BCUT2D eigenvalue weighted by molar-refractivity contribution is 0.0685. The number of hydrogen-bond donors (Lipinski definition) is 1. The molecule has 0 bridgehead atoms. The molecular weight excluding hydrogens is 306 g/mol. The van der Waals surface area contributed by atoms with Crippen LogP contribution in [0.15, 0.2) is 35.7 Å². The third-order valence-corrected chi connectivity index (χ3v) is 5.31. The lowest BCUT2D eigenvalue weighted by Gasteiger charge is -2.31. The number of nitrogens with two attached hydrogens (primary N) is 1. The highest BCUT2D eigenvalue weighted by atomic mass is 32.1. The standard InChI is InChI=1S/C18H23N3OS/c19-9-6-17-20-16(13-23-17)18(22)21-10-7-15(8-11-21)12-14-4-2-1-3-5-14/h1-5,13,15H,6-12,19H2. The minimum absolute atomic E-state index is 0.0719. The lowest BCUT2D eigenvalue weighted by atomic mass is 9.90. The van der Waals surface area contributed by atoms with E-state index in [1.165, 1.54) is 16.9 Å². The Labute approximate surface area is 141 Å². The molecular formula is C18H23N3OS. The van der Waals surface area contributed by atoms with E-state index in [4.69, 9.17) is 5.73 Å². The number of hydrogen-bond acceptors (Lipinski definition) is 4. The highest BCUT2D eigenvalue weighted by Gasteiger charge is 2.25. The summed E-state index contributed by atoms with van der Waals surface area (Å²) in [5.41, 5.74) is 7.51. The summed E-state index contributed by atoms with van der Waals surface area (Å²) in [4.78, 5) is 18.9. The summed E-state index contributed by atoms with van der Waals surface area (Å²) >= 11 is 1.53. The molecule has 0 saturated carbocycles. The molecule has 23 heavy (non-hydrogen) atoms. The highest BCUT2D eigenvalue weighted by molar-refractivity contribution is 7.09. The Morgan fingerprint density at radius 2 is 2.00 bits per heavy atom. The summed E-state index contributed by atoms with van der Waals surface area (Å²) in [6.45, 7) is 2.24. The first-order valence-corrected chi connectivity index (χ1v) is 9.12. The van der Waals surface area contributed by atoms with Crippen molar-refractivity contribution in [1.82, 2.24) is 9.88 Å². The first-order valence-electron chi connectivity index (χ1n) is 8.24. The van der Waals surface area contributed by atoms with Crippen LogP contribution >= 0.6 is 11.3 Å². The predicted octanol–water partition coefficient (Wildman–Crippen LogP) is 2.74. The van der Waals surface area contributed by atoms with Crippen LogP contribution in [0, 0.1) is 5.92 Å². The lowest BCUT2D eigenvalue weighted by Crippen LogP contribution is -2.39. The van der Waals surface area contributed by atoms with Crippen LogP contribution < -0.4 is 5.73 Å². The summed E-state index contributed by atoms with van der Waals surface area (Å²) in [6, 6.07) is 10.6. The van der Waals surface area contributed by atoms with E-state index >= 15 is 0 Å². The molecule has 1 saturated heterocycles. The number of thiazole rings is 1. The van der Waals surface area contributed by atoms with Gasteiger partial charge in [-0.25, -0.2) is 4.98 Å². The van der Waals surface area contributed by atoms with Crippen LogP contribution in [-0.4, -0.2) is 35.4 Å². The van der Waals surface area contributed by atoms with E-state index in [1.54, 1.807) is 0 Å². The zero-order valence-corrected chi connectivity index (χ0v) is 14.1. The third kappa shape index (κ3) is 4.18. The van der Waals surface area contributed by atoms with Crippen molar-refractivity contribution in [3.63, 3.8) is 0 Å². The second kappa shape index (κ2) is 7.70. The number of aromatic nitrogens is 1. The molecule has 2 aromatic rings. The number of rotatable bonds is 5. The zero-order valence-electron chi connectivity index (χ0n) is 13.3. The van der Waals surface area contributed by atoms with Gasteiger partial charge in [0.2, 0.25) is 0 Å². The summed E-state index contributed by atoms with van der Waals surface area (Å²) in [5.74, 6) is 0.743. The molecule has 1 aromatic carbocycles. The van der Waals surface area contributed by atoms with E-state index in [9.17, 15) is 4.79 Å². The van der Waals surface area contributed by atoms with Crippen molar-refractivity contribution >= 4 is 17.2 Å². The number of piperidine rings is 1. The van der Waals surface area contributed by atoms with E-state index in [-0.39, 0.29) is 5.91 Å². The van der Waals surface area contributed by atoms with Crippen molar-refractivity contribution in [2.75, 3.05) is 19.6 Å². The zero-order chi connectivity index (χ0) is 16.1. The Morgan fingerprint density at radius 1 is 1.26 bits per heavy atom. The van der Waals surface area contributed by atoms with Gasteiger partial charge < -0.3 is 10.6 Å². The maximum Gasteiger partial charge on any atom is 0.273 e. The minimum Gasteiger partial charge on any atom is -0.337 e. The van der Waals surface area contributed by atoms with Crippen molar-refractivity contribution in [3.05, 3.63) is 52.0 Å². The van der Waals surface area contributed by atoms with Crippen LogP contribution in [0.3, 0.4) is 0 Å². The highest BCUT2D eigenvalue weighted by Crippen LogP contribution is 2.23. The first-order chi connectivity index (χ1) is 11.3. The van der Waals surface area contributed by atoms with Crippen LogP contribution in [0.5, 0.6) is 0 Å². The maximum absolute atomic E-state index is 12.5. The predicted molar refractivity (Wildman–Crippen MR) is 93.6 cm³/mol. The van der Waals surface area contributed by atoms with Gasteiger partial charge in [-0.2, -0.15) is 0 Å². The van der Waals surface area contributed by atoms with E-state index in [1.807, 2.05) is 10.3 Å². The fourth-order valence-electron chi connectivity index (χ4n) is 3.10. The Bertz CT molecular complexity index is 633. The molecule has 4 nitrogen and oxygen atoms in total. The number of carbonyl (C=O) groups excluding carboxylic acids is 1. The van der Waals surface area contributed by atoms with Gasteiger partial charge in [0, 0.05) is 24.9 Å². The Hall–Kier alpha value is -1.72. The van der Waals surface area contributed by atoms with Crippen LogP contribution in [-0.2, 0) is 12.8 Å². The molecule has 122 valence electrons. The summed E-state index contributed by atoms with van der Waals surface area (Å²) in [6.07, 6.45) is 4.00. The molecule has 1 amide bonds. The van der Waals surface area contributed by atoms with Gasteiger partial charge in [-0.15, -0.1) is 11.3 Å². The molecule has 2 N–H and O–H groups in total. The SMILES string of the molecule is NCCc1nc(C(=O)N2CCC(Cc3ccccc3)CC2)cs1. The molecule has 3 rings (SSSR count). The molecule has 0 aliphatic carbocycles. The number of benzene rings is 1. The van der Waals surface area contributed by atoms with Crippen LogP contribution in [0.25, 0.3) is 0 Å². The Morgan fingerprint density at radius 3 is 2.70 bits per heavy atom. The second-order valence-electron chi connectivity index (χ2n) is 6.09. The van der Waals surface area contributed by atoms with Crippen molar-refractivity contribution in [1.29, 1.82) is 0 Å². The number of likely N-dealkylation sites (tertiary alicyclic amines) is 1. The molecule has 5 heteroatoms. The van der Waals surface area contributed by atoms with E-state index in [0.29, 0.717) is 18.2 Å². The van der Waals surface area contributed by atoms with Gasteiger partial charge in [0.05, 0.1) is 5.01 Å². The molecule has 2 heterocycles. The fraction of sp³-hybridized carbons (Fsp3) is 0.444. The molecule has 0 spiro atoms. The first kappa shape index (κ1) is 16.1. The van der Waals surface area contributed by atoms with Gasteiger partial charge in [-0.3, -0.25) is 4.79 Å². The molecule has 0 unspecified atom stereocenters. The van der Waals surface area contributed by atoms with Crippen LogP contribution in [0.1, 0.15) is 33.9 Å². The molecule has 0 radical (unpaired) electrons. The summed E-state index contributed by atoms with van der Waals surface area (Å²) in [7, 11) is 0. The monoisotopic (exact) mass is 329 g/mol. The van der Waals surface area contributed by atoms with Crippen molar-refractivity contribution in [2.45, 2.75) is 25.7 Å². The number of nitrogens with zero attached hydrogens (tertiary/aromatic N) is 2. The van der Waals surface area contributed by atoms with Crippen LogP contribution in [0.4, 0.5) is 0 Å². The van der Waals surface area contributed by atoms with E-state index in [2.05, 4.69) is 35.3 Å². The fourth-order valence-corrected chi connectivity index (χ4v) is 3.88. The minimum atomic E-state index is 0.0719. The Balaban J connectivity index is 1.52. The van der Waals surface area contributed by atoms with E-state index in [0.717, 1.165) is 43.8 Å². The summed E-state index contributed by atoms with van der Waals surface area (Å²) < 4.78 is 0. The Kier molecular flexibility index (Phi) is 5.41. The van der Waals surface area contributed by atoms with Gasteiger partial charge in [0.25, 0.3) is 5.91 Å². The molecule has 1 aliphatic heterocycles. The van der Waals surface area contributed by atoms with Gasteiger partial charge in [0.15, 0.2) is 0 Å². The number of carbonyl (C=O) groups is 1. The largest absolute Gasteiger partial charge is 0.337 e. The van der Waals surface area contributed by atoms with Gasteiger partial charge >= 0.3 is 0 Å². The summed E-state index contributed by atoms with van der Waals surface area (Å²) in [5, 5.41) is 2.82. The molecule has 0 atom stereocenters. The van der Waals surface area contributed by atoms with Gasteiger partial charge in [-0.05, 0) is 37.3 Å². The average Bonchev–Trinajstić information content (AvgIpc) is 3.05. The second-order valence-corrected chi connectivity index (χ2v) is 7.03. The third-order valence-electron chi connectivity index (χ3n) is 4.40. The topological polar surface area (TPSA) is 59.2 Å².